The predicted molar refractivity (Wildman–Crippen MR) is 106 cm³/mol. The van der Waals surface area contributed by atoms with E-state index in [4.69, 9.17) is 4.74 Å². The second-order valence-electron chi connectivity index (χ2n) is 6.20. The average Bonchev–Trinajstić information content (AvgIpc) is 3.41. The van der Waals surface area contributed by atoms with Crippen molar-refractivity contribution in [3.8, 4) is 17.1 Å². The molecule has 0 fully saturated rings. The van der Waals surface area contributed by atoms with Crippen LogP contribution in [0.4, 0.5) is 5.69 Å². The number of hydrogen-bond acceptors (Lipinski definition) is 6. The van der Waals surface area contributed by atoms with Crippen molar-refractivity contribution in [1.29, 1.82) is 0 Å². The van der Waals surface area contributed by atoms with Crippen molar-refractivity contribution in [1.82, 2.24) is 30.0 Å². The number of hydrogen-bond donors (Lipinski definition) is 1. The largest absolute Gasteiger partial charge is 0.492 e. The number of aromatic nitrogens is 6. The molecule has 1 amide bonds. The molecule has 2 aromatic heterocycles. The molecule has 146 valence electrons. The Kier molecular flexibility index (Phi) is 5.56. The molecule has 0 saturated heterocycles. The van der Waals surface area contributed by atoms with Gasteiger partial charge in [-0.2, -0.15) is 9.90 Å². The molecular formula is C20H19N7O2. The SMILES string of the molecule is O=C(Cn1nnc(-c2ccccc2)n1)Nc1cccc(OCCn2cccn2)c1. The summed E-state index contributed by atoms with van der Waals surface area (Å²) in [6.45, 7) is 1.08. The molecule has 0 bridgehead atoms. The molecule has 0 aliphatic heterocycles. The standard InChI is InChI=1S/C20H19N7O2/c28-19(15-27-24-20(23-25-27)16-6-2-1-3-7-16)22-17-8-4-9-18(14-17)29-13-12-26-11-5-10-21-26/h1-11,14H,12-13,15H2,(H,22,28). The van der Waals surface area contributed by atoms with Crippen LogP contribution in [0.15, 0.2) is 73.1 Å². The Bertz CT molecular complexity index is 1060. The fourth-order valence-electron chi connectivity index (χ4n) is 2.70. The monoisotopic (exact) mass is 389 g/mol. The molecule has 4 rings (SSSR count). The minimum absolute atomic E-state index is 0.0375. The van der Waals surface area contributed by atoms with Gasteiger partial charge in [-0.25, -0.2) is 0 Å². The minimum Gasteiger partial charge on any atom is -0.492 e. The second-order valence-corrected chi connectivity index (χ2v) is 6.20. The molecule has 29 heavy (non-hydrogen) atoms. The first-order chi connectivity index (χ1) is 14.3. The number of ether oxygens (including phenoxy) is 1. The molecule has 0 atom stereocenters. The molecule has 0 saturated carbocycles. The van der Waals surface area contributed by atoms with Crippen LogP contribution in [0.3, 0.4) is 0 Å². The molecule has 0 aliphatic carbocycles. The van der Waals surface area contributed by atoms with Gasteiger partial charge in [0, 0.05) is 29.7 Å². The van der Waals surface area contributed by atoms with E-state index >= 15 is 0 Å². The van der Waals surface area contributed by atoms with Crippen LogP contribution in [0.25, 0.3) is 11.4 Å². The topological polar surface area (TPSA) is 99.8 Å². The summed E-state index contributed by atoms with van der Waals surface area (Å²) in [4.78, 5) is 13.6. The second kappa shape index (κ2) is 8.79. The average molecular weight is 389 g/mol. The summed E-state index contributed by atoms with van der Waals surface area (Å²) in [5, 5.41) is 19.1. The lowest BCUT2D eigenvalue weighted by Crippen LogP contribution is -2.20. The smallest absolute Gasteiger partial charge is 0.248 e. The summed E-state index contributed by atoms with van der Waals surface area (Å²) in [7, 11) is 0. The molecule has 0 unspecified atom stereocenters. The van der Waals surface area contributed by atoms with Gasteiger partial charge in [-0.15, -0.1) is 10.2 Å². The van der Waals surface area contributed by atoms with E-state index in [1.54, 1.807) is 23.0 Å². The van der Waals surface area contributed by atoms with E-state index in [0.29, 0.717) is 30.4 Å². The van der Waals surface area contributed by atoms with E-state index in [1.807, 2.05) is 54.7 Å². The van der Waals surface area contributed by atoms with Gasteiger partial charge in [0.1, 0.15) is 18.9 Å². The van der Waals surface area contributed by atoms with Crippen LogP contribution in [0.1, 0.15) is 0 Å². The van der Waals surface area contributed by atoms with Crippen molar-refractivity contribution in [2.24, 2.45) is 0 Å². The van der Waals surface area contributed by atoms with Crippen LogP contribution >= 0.6 is 0 Å². The van der Waals surface area contributed by atoms with Crippen molar-refractivity contribution in [3.05, 3.63) is 73.1 Å². The third-order valence-corrected chi connectivity index (χ3v) is 4.04. The van der Waals surface area contributed by atoms with Crippen LogP contribution in [-0.4, -0.2) is 42.5 Å². The Balaban J connectivity index is 1.31. The molecule has 0 radical (unpaired) electrons. The number of carbonyl (C=O) groups excluding carboxylic acids is 1. The molecule has 2 aromatic carbocycles. The molecule has 9 heteroatoms. The van der Waals surface area contributed by atoms with Gasteiger partial charge in [-0.1, -0.05) is 36.4 Å². The summed E-state index contributed by atoms with van der Waals surface area (Å²) in [6, 6.07) is 18.6. The number of rotatable bonds is 8. The highest BCUT2D eigenvalue weighted by molar-refractivity contribution is 5.90. The summed E-state index contributed by atoms with van der Waals surface area (Å²) in [5.74, 6) is 0.891. The number of carbonyl (C=O) groups is 1. The highest BCUT2D eigenvalue weighted by Crippen LogP contribution is 2.17. The fourth-order valence-corrected chi connectivity index (χ4v) is 2.70. The third kappa shape index (κ3) is 5.04. The zero-order chi connectivity index (χ0) is 19.9. The van der Waals surface area contributed by atoms with Gasteiger partial charge in [0.05, 0.1) is 6.54 Å². The van der Waals surface area contributed by atoms with E-state index in [1.165, 1.54) is 4.80 Å². The summed E-state index contributed by atoms with van der Waals surface area (Å²) in [5.41, 5.74) is 1.48. The van der Waals surface area contributed by atoms with Gasteiger partial charge in [0.15, 0.2) is 0 Å². The minimum atomic E-state index is -0.254. The fraction of sp³-hybridized carbons (Fsp3) is 0.150. The number of amides is 1. The van der Waals surface area contributed by atoms with Gasteiger partial charge in [-0.05, 0) is 23.4 Å². The Hall–Kier alpha value is -4.01. The summed E-state index contributed by atoms with van der Waals surface area (Å²) >= 11 is 0. The molecule has 9 nitrogen and oxygen atoms in total. The number of nitrogens with zero attached hydrogens (tertiary/aromatic N) is 6. The maximum Gasteiger partial charge on any atom is 0.248 e. The lowest BCUT2D eigenvalue weighted by Gasteiger charge is -2.09. The van der Waals surface area contributed by atoms with Gasteiger partial charge < -0.3 is 10.1 Å². The van der Waals surface area contributed by atoms with E-state index in [-0.39, 0.29) is 12.5 Å². The van der Waals surface area contributed by atoms with Crippen molar-refractivity contribution in [2.75, 3.05) is 11.9 Å². The Morgan fingerprint density at radius 1 is 1.07 bits per heavy atom. The van der Waals surface area contributed by atoms with Gasteiger partial charge in [0.2, 0.25) is 11.7 Å². The van der Waals surface area contributed by atoms with Crippen molar-refractivity contribution < 1.29 is 9.53 Å². The van der Waals surface area contributed by atoms with Crippen molar-refractivity contribution in [2.45, 2.75) is 13.1 Å². The molecule has 4 aromatic rings. The van der Waals surface area contributed by atoms with Crippen molar-refractivity contribution >= 4 is 11.6 Å². The molecular weight excluding hydrogens is 370 g/mol. The molecule has 0 aliphatic rings. The number of tetrazole rings is 1. The van der Waals surface area contributed by atoms with Crippen LogP contribution in [0.2, 0.25) is 0 Å². The lowest BCUT2D eigenvalue weighted by atomic mass is 10.2. The lowest BCUT2D eigenvalue weighted by molar-refractivity contribution is -0.117. The first-order valence-electron chi connectivity index (χ1n) is 9.10. The molecule has 2 heterocycles. The predicted octanol–water partition coefficient (Wildman–Crippen LogP) is 2.25. The van der Waals surface area contributed by atoms with Crippen molar-refractivity contribution in [3.63, 3.8) is 0 Å². The van der Waals surface area contributed by atoms with Gasteiger partial charge >= 0.3 is 0 Å². The number of anilines is 1. The van der Waals surface area contributed by atoms with Crippen LogP contribution < -0.4 is 10.1 Å². The highest BCUT2D eigenvalue weighted by Gasteiger charge is 2.10. The maximum atomic E-state index is 12.3. The maximum absolute atomic E-state index is 12.3. The first-order valence-corrected chi connectivity index (χ1v) is 9.10. The zero-order valence-electron chi connectivity index (χ0n) is 15.5. The first kappa shape index (κ1) is 18.4. The Morgan fingerprint density at radius 2 is 1.97 bits per heavy atom. The third-order valence-electron chi connectivity index (χ3n) is 4.04. The molecule has 1 N–H and O–H groups in total. The quantitative estimate of drug-likeness (QED) is 0.496. The Labute approximate surface area is 166 Å². The highest BCUT2D eigenvalue weighted by atomic mass is 16.5. The normalized spacial score (nSPS) is 10.6. The zero-order valence-corrected chi connectivity index (χ0v) is 15.5. The van der Waals surface area contributed by atoms with E-state index in [0.717, 1.165) is 5.56 Å². The van der Waals surface area contributed by atoms with Crippen LogP contribution in [0, 0.1) is 0 Å². The molecule has 0 spiro atoms. The number of benzene rings is 2. The van der Waals surface area contributed by atoms with Crippen LogP contribution in [-0.2, 0) is 17.9 Å². The summed E-state index contributed by atoms with van der Waals surface area (Å²) in [6.07, 6.45) is 3.60. The Morgan fingerprint density at radius 3 is 2.79 bits per heavy atom. The van der Waals surface area contributed by atoms with Gasteiger partial charge in [-0.3, -0.25) is 9.48 Å². The van der Waals surface area contributed by atoms with Crippen LogP contribution in [0.5, 0.6) is 5.75 Å². The number of nitrogens with one attached hydrogen (secondary N) is 1. The van der Waals surface area contributed by atoms with E-state index in [2.05, 4.69) is 25.8 Å². The van der Waals surface area contributed by atoms with E-state index in [9.17, 15) is 4.79 Å². The van der Waals surface area contributed by atoms with Gasteiger partial charge in [0.25, 0.3) is 0 Å². The van der Waals surface area contributed by atoms with E-state index < -0.39 is 0 Å². The summed E-state index contributed by atoms with van der Waals surface area (Å²) < 4.78 is 7.51.